The summed E-state index contributed by atoms with van der Waals surface area (Å²) in [5.74, 6) is 0. The van der Waals surface area contributed by atoms with Crippen molar-refractivity contribution in [2.45, 2.75) is 0 Å². The minimum Gasteiger partial charge on any atom is -0.320 e. The maximum atomic E-state index is 12.1. The lowest BCUT2D eigenvalue weighted by molar-refractivity contribution is 1.13. The van der Waals surface area contributed by atoms with Gasteiger partial charge in [0.15, 0.2) is 0 Å². The summed E-state index contributed by atoms with van der Waals surface area (Å²) in [7, 11) is 0. The van der Waals surface area contributed by atoms with Crippen LogP contribution < -0.4 is 21.3 Å². The molecule has 2 aliphatic heterocycles. The molecule has 0 bridgehead atoms. The smallest absolute Gasteiger partial charge is 0.250 e. The number of hydrogen-bond donors (Lipinski definition) is 0. The molecule has 0 aliphatic carbocycles. The number of para-hydroxylation sites is 4. The molecule has 11 aromatic carbocycles. The Bertz CT molecular complexity index is 4440. The first-order valence-electron chi connectivity index (χ1n) is 25.0. The van der Waals surface area contributed by atoms with Crippen LogP contribution in [-0.4, -0.2) is 15.8 Å². The zero-order valence-electron chi connectivity index (χ0n) is 39.9. The Morgan fingerprint density at radius 3 is 1.50 bits per heavy atom. The molecule has 74 heavy (non-hydrogen) atoms. The number of benzene rings is 11. The van der Waals surface area contributed by atoms with Crippen molar-refractivity contribution in [3.8, 4) is 62.0 Å². The predicted octanol–water partition coefficient (Wildman–Crippen LogP) is 15.6. The zero-order valence-corrected chi connectivity index (χ0v) is 39.9. The zero-order chi connectivity index (χ0) is 49.0. The molecule has 2 aliphatic rings. The van der Waals surface area contributed by atoms with Crippen LogP contribution in [0.3, 0.4) is 0 Å². The van der Waals surface area contributed by atoms with Crippen molar-refractivity contribution in [2.75, 3.05) is 4.90 Å². The molecule has 0 saturated carbocycles. The topological polar surface area (TPSA) is 41.2 Å². The Kier molecular flexibility index (Phi) is 9.11. The van der Waals surface area contributed by atoms with E-state index in [0.717, 1.165) is 127 Å². The Morgan fingerprint density at radius 2 is 0.878 bits per heavy atom. The molecule has 13 aromatic rings. The van der Waals surface area contributed by atoms with Crippen molar-refractivity contribution in [2.24, 2.45) is 0 Å². The van der Waals surface area contributed by atoms with Crippen molar-refractivity contribution in [3.63, 3.8) is 0 Å². The summed E-state index contributed by atoms with van der Waals surface area (Å²) in [6, 6.07) is 88.9. The van der Waals surface area contributed by atoms with Gasteiger partial charge in [0.05, 0.1) is 45.7 Å². The number of nitrogens with zero attached hydrogens (tertiary/aromatic N) is 5. The van der Waals surface area contributed by atoms with Gasteiger partial charge in [0.25, 0.3) is 6.71 Å². The summed E-state index contributed by atoms with van der Waals surface area (Å²) in [5.41, 5.74) is 21.1. The highest BCUT2D eigenvalue weighted by atomic mass is 15.2. The second-order valence-electron chi connectivity index (χ2n) is 19.4. The highest BCUT2D eigenvalue weighted by Crippen LogP contribution is 2.51. The molecule has 0 radical (unpaired) electrons. The van der Waals surface area contributed by atoms with Crippen LogP contribution in [-0.2, 0) is 0 Å². The van der Waals surface area contributed by atoms with Gasteiger partial charge in [0.2, 0.25) is 5.69 Å². The Hall–Kier alpha value is -10.1. The summed E-state index contributed by atoms with van der Waals surface area (Å²) < 4.78 is 4.57. The van der Waals surface area contributed by atoms with E-state index in [1.807, 2.05) is 6.07 Å². The lowest BCUT2D eigenvalue weighted by atomic mass is 9.33. The Labute approximate surface area is 428 Å². The summed E-state index contributed by atoms with van der Waals surface area (Å²) in [5, 5.41) is 16.4. The van der Waals surface area contributed by atoms with Crippen molar-refractivity contribution < 1.29 is 0 Å². The van der Waals surface area contributed by atoms with E-state index in [1.54, 1.807) is 0 Å². The van der Waals surface area contributed by atoms with Gasteiger partial charge in [0, 0.05) is 38.4 Å². The SMILES string of the molecule is [C-]#[N+]c1c(-n2c3ccc(-c4cccc(-c5ccccc5)c4)cc3c3cc(-c4cccc(-c5ccccc5)c4)ccc32)c(C#N)c2c3c1-n1c4ccccc4c4cccc(c41)B3c1ccccc1N2c1ccccc1. The molecule has 5 nitrogen and oxygen atoms in total. The van der Waals surface area contributed by atoms with Gasteiger partial charge in [-0.15, -0.1) is 0 Å². The van der Waals surface area contributed by atoms with Gasteiger partial charge in [-0.1, -0.05) is 182 Å². The minimum atomic E-state index is -0.250. The predicted molar refractivity (Wildman–Crippen MR) is 307 cm³/mol. The lowest BCUT2D eigenvalue weighted by Gasteiger charge is -2.42. The minimum absolute atomic E-state index is 0.250. The van der Waals surface area contributed by atoms with Gasteiger partial charge in [0.1, 0.15) is 6.07 Å². The standard InChI is InChI=1S/C68H40BN5/c1-71-64-67(56(42-70)66-63-68(64)74-59-32-13-11-28-52(59)53-29-17-31-58(65(53)74)69(63)57-30-12-14-33-62(57)72(66)51-26-9-4-10-27-51)73-60-36-34-49(47-24-15-22-45(38-47)43-18-5-2-6-19-43)40-54(60)55-41-50(35-37-61(55)73)48-25-16-23-46(39-48)44-20-7-3-8-21-44/h2-41H. The maximum absolute atomic E-state index is 12.1. The first-order chi connectivity index (χ1) is 36.7. The van der Waals surface area contributed by atoms with E-state index in [-0.39, 0.29) is 6.71 Å². The molecule has 2 aromatic heterocycles. The fourth-order valence-electron chi connectivity index (χ4n) is 12.4. The van der Waals surface area contributed by atoms with Gasteiger partial charge in [-0.25, -0.2) is 4.85 Å². The number of fused-ring (bicyclic) bond motifs is 10. The molecule has 0 unspecified atom stereocenters. The quantitative estimate of drug-likeness (QED) is 0.123. The van der Waals surface area contributed by atoms with Gasteiger partial charge in [-0.05, 0) is 122 Å². The molecule has 15 rings (SSSR count). The Morgan fingerprint density at radius 1 is 0.392 bits per heavy atom. The first-order valence-corrected chi connectivity index (χ1v) is 25.0. The van der Waals surface area contributed by atoms with Crippen molar-refractivity contribution in [1.82, 2.24) is 9.13 Å². The van der Waals surface area contributed by atoms with Crippen LogP contribution in [0, 0.1) is 17.9 Å². The fourth-order valence-corrected chi connectivity index (χ4v) is 12.4. The molecular weight excluding hydrogens is 898 g/mol. The van der Waals surface area contributed by atoms with E-state index >= 15 is 0 Å². The van der Waals surface area contributed by atoms with Gasteiger partial charge in [-0.3, -0.25) is 0 Å². The van der Waals surface area contributed by atoms with E-state index in [1.165, 1.54) is 0 Å². The summed E-state index contributed by atoms with van der Waals surface area (Å²) in [6.45, 7) is 9.22. The molecule has 0 saturated heterocycles. The van der Waals surface area contributed by atoms with E-state index in [0.29, 0.717) is 16.9 Å². The third-order valence-corrected chi connectivity index (χ3v) is 15.5. The van der Waals surface area contributed by atoms with Crippen molar-refractivity contribution >= 4 is 89.5 Å². The molecule has 4 heterocycles. The molecule has 0 atom stereocenters. The summed E-state index contributed by atoms with van der Waals surface area (Å²) in [6.07, 6.45) is 0. The number of nitriles is 1. The van der Waals surface area contributed by atoms with Crippen LogP contribution >= 0.6 is 0 Å². The van der Waals surface area contributed by atoms with E-state index < -0.39 is 0 Å². The number of anilines is 3. The molecule has 340 valence electrons. The van der Waals surface area contributed by atoms with Crippen molar-refractivity contribution in [3.05, 3.63) is 260 Å². The largest absolute Gasteiger partial charge is 0.320 e. The highest BCUT2D eigenvalue weighted by Gasteiger charge is 2.46. The maximum Gasteiger partial charge on any atom is 0.250 e. The molecule has 0 amide bonds. The van der Waals surface area contributed by atoms with E-state index in [9.17, 15) is 11.8 Å². The van der Waals surface area contributed by atoms with Crippen LogP contribution in [0.25, 0.3) is 104 Å². The van der Waals surface area contributed by atoms with Gasteiger partial charge >= 0.3 is 0 Å². The molecule has 6 heteroatoms. The fraction of sp³-hybridized carbons (Fsp3) is 0. The van der Waals surface area contributed by atoms with Crippen LogP contribution in [0.5, 0.6) is 0 Å². The van der Waals surface area contributed by atoms with Gasteiger partial charge in [-0.2, -0.15) is 5.26 Å². The van der Waals surface area contributed by atoms with E-state index in [4.69, 9.17) is 0 Å². The first kappa shape index (κ1) is 41.6. The van der Waals surface area contributed by atoms with Crippen LogP contribution in [0.2, 0.25) is 0 Å². The van der Waals surface area contributed by atoms with Gasteiger partial charge < -0.3 is 14.0 Å². The van der Waals surface area contributed by atoms with Crippen molar-refractivity contribution in [1.29, 1.82) is 5.26 Å². The molecule has 0 N–H and O–H groups in total. The second kappa shape index (κ2) is 16.2. The Balaban J connectivity index is 1.08. The average Bonchev–Trinajstić information content (AvgIpc) is 4.12. The van der Waals surface area contributed by atoms with Crippen LogP contribution in [0.1, 0.15) is 5.56 Å². The normalized spacial score (nSPS) is 12.2. The highest BCUT2D eigenvalue weighted by molar-refractivity contribution is 7.00. The monoisotopic (exact) mass is 937 g/mol. The average molecular weight is 938 g/mol. The van der Waals surface area contributed by atoms with Crippen LogP contribution in [0.4, 0.5) is 22.7 Å². The molecule has 0 fully saturated rings. The number of aromatic nitrogens is 2. The summed E-state index contributed by atoms with van der Waals surface area (Å²) >= 11 is 0. The second-order valence-corrected chi connectivity index (χ2v) is 19.4. The molecular formula is C68H40BN5. The summed E-state index contributed by atoms with van der Waals surface area (Å²) in [4.78, 5) is 6.92. The molecule has 0 spiro atoms. The third-order valence-electron chi connectivity index (χ3n) is 15.5. The lowest BCUT2D eigenvalue weighted by Crippen LogP contribution is -2.60. The number of hydrogen-bond acceptors (Lipinski definition) is 2. The van der Waals surface area contributed by atoms with E-state index in [2.05, 4.69) is 262 Å². The third kappa shape index (κ3) is 5.97. The number of rotatable bonds is 6. The van der Waals surface area contributed by atoms with Crippen LogP contribution in [0.15, 0.2) is 243 Å².